The monoisotopic (exact) mass is 400 g/mol. The van der Waals surface area contributed by atoms with Crippen LogP contribution < -0.4 is 15.1 Å². The van der Waals surface area contributed by atoms with E-state index in [1.165, 1.54) is 0 Å². The minimum Gasteiger partial charge on any atom is -0.482 e. The minimum absolute atomic E-state index is 0.251. The third kappa shape index (κ3) is 4.54. The highest BCUT2D eigenvalue weighted by molar-refractivity contribution is 6.31. The van der Waals surface area contributed by atoms with Gasteiger partial charge in [-0.05, 0) is 55.7 Å². The number of hydrogen-bond donors (Lipinski definition) is 0. The molecule has 3 aromatic rings. The fourth-order valence-corrected chi connectivity index (χ4v) is 2.96. The summed E-state index contributed by atoms with van der Waals surface area (Å²) in [5.74, 6) is 0.171. The predicted molar refractivity (Wildman–Crippen MR) is 108 cm³/mol. The van der Waals surface area contributed by atoms with Crippen molar-refractivity contribution in [1.29, 1.82) is 0 Å². The summed E-state index contributed by atoms with van der Waals surface area (Å²) in [6.45, 7) is 3.59. The van der Waals surface area contributed by atoms with Crippen molar-refractivity contribution in [3.8, 4) is 11.5 Å². The Morgan fingerprint density at radius 2 is 1.96 bits per heavy atom. The number of carbonyl (C=O) groups is 1. The third-order valence-electron chi connectivity index (χ3n) is 4.34. The van der Waals surface area contributed by atoms with E-state index in [0.29, 0.717) is 33.7 Å². The number of para-hydroxylation sites is 1. The van der Waals surface area contributed by atoms with E-state index < -0.39 is 11.6 Å². The van der Waals surface area contributed by atoms with Crippen LogP contribution in [0.2, 0.25) is 5.02 Å². The number of esters is 1. The Bertz CT molecular complexity index is 1050. The van der Waals surface area contributed by atoms with Crippen LogP contribution in [0.5, 0.6) is 11.5 Å². The summed E-state index contributed by atoms with van der Waals surface area (Å²) in [6, 6.07) is 12.1. The van der Waals surface area contributed by atoms with Crippen LogP contribution in [0.1, 0.15) is 30.9 Å². The van der Waals surface area contributed by atoms with Crippen molar-refractivity contribution in [3.63, 3.8) is 0 Å². The highest BCUT2D eigenvalue weighted by Crippen LogP contribution is 2.29. The van der Waals surface area contributed by atoms with Gasteiger partial charge in [0.05, 0.1) is 10.9 Å². The standard InChI is InChI=1S/C22H21ClO5/c1-3-4-7-17-21(16-8-5-6-9-19(16)27-22(17)25)28-20(24)13-26-15-10-11-18(23)14(2)12-15/h5-6,8-12H,3-4,7,13H2,1-2H3. The number of aryl methyl sites for hydroxylation is 1. The number of hydrogen-bond acceptors (Lipinski definition) is 5. The zero-order valence-electron chi connectivity index (χ0n) is 15.8. The predicted octanol–water partition coefficient (Wildman–Crippen LogP) is 5.08. The topological polar surface area (TPSA) is 65.7 Å². The van der Waals surface area contributed by atoms with Crippen molar-refractivity contribution in [2.24, 2.45) is 0 Å². The lowest BCUT2D eigenvalue weighted by atomic mass is 10.1. The Labute approximate surface area is 167 Å². The summed E-state index contributed by atoms with van der Waals surface area (Å²) >= 11 is 5.99. The van der Waals surface area contributed by atoms with Crippen LogP contribution in [-0.2, 0) is 11.2 Å². The van der Waals surface area contributed by atoms with Crippen LogP contribution in [0, 0.1) is 6.92 Å². The molecule has 0 spiro atoms. The Morgan fingerprint density at radius 1 is 1.18 bits per heavy atom. The SMILES string of the molecule is CCCCc1c(OC(=O)COc2ccc(Cl)c(C)c2)c2ccccc2oc1=O. The van der Waals surface area contributed by atoms with Gasteiger partial charge in [-0.1, -0.05) is 37.1 Å². The van der Waals surface area contributed by atoms with E-state index in [-0.39, 0.29) is 12.4 Å². The molecule has 0 fully saturated rings. The molecule has 1 aromatic heterocycles. The van der Waals surface area contributed by atoms with Crippen molar-refractivity contribution < 1.29 is 18.7 Å². The molecule has 0 atom stereocenters. The van der Waals surface area contributed by atoms with E-state index in [0.717, 1.165) is 18.4 Å². The van der Waals surface area contributed by atoms with Crippen molar-refractivity contribution in [3.05, 3.63) is 69.0 Å². The maximum atomic E-state index is 12.4. The molecule has 0 bridgehead atoms. The smallest absolute Gasteiger partial charge is 0.349 e. The van der Waals surface area contributed by atoms with Crippen LogP contribution in [0.3, 0.4) is 0 Å². The second-order valence-electron chi connectivity index (χ2n) is 6.47. The number of halogens is 1. The maximum Gasteiger partial charge on any atom is 0.349 e. The van der Waals surface area contributed by atoms with E-state index in [2.05, 4.69) is 0 Å². The van der Waals surface area contributed by atoms with Crippen LogP contribution in [0.4, 0.5) is 0 Å². The van der Waals surface area contributed by atoms with E-state index in [1.54, 1.807) is 42.5 Å². The quantitative estimate of drug-likeness (QED) is 0.408. The minimum atomic E-state index is -0.596. The number of ether oxygens (including phenoxy) is 2. The zero-order valence-corrected chi connectivity index (χ0v) is 16.5. The molecule has 0 N–H and O–H groups in total. The van der Waals surface area contributed by atoms with Gasteiger partial charge in [0, 0.05) is 5.02 Å². The van der Waals surface area contributed by atoms with Crippen LogP contribution in [0.15, 0.2) is 51.7 Å². The number of rotatable bonds is 7. The summed E-state index contributed by atoms with van der Waals surface area (Å²) in [5.41, 5.74) is 1.12. The van der Waals surface area contributed by atoms with Crippen molar-refractivity contribution in [1.82, 2.24) is 0 Å². The van der Waals surface area contributed by atoms with Gasteiger partial charge in [-0.25, -0.2) is 9.59 Å². The average molecular weight is 401 g/mol. The van der Waals surface area contributed by atoms with Crippen molar-refractivity contribution in [2.45, 2.75) is 33.1 Å². The molecule has 0 aliphatic heterocycles. The highest BCUT2D eigenvalue weighted by atomic mass is 35.5. The number of benzene rings is 2. The fourth-order valence-electron chi connectivity index (χ4n) is 2.84. The molecular weight excluding hydrogens is 380 g/mol. The van der Waals surface area contributed by atoms with E-state index in [1.807, 2.05) is 13.8 Å². The molecule has 146 valence electrons. The molecule has 6 heteroatoms. The first kappa shape index (κ1) is 20.0. The maximum absolute atomic E-state index is 12.4. The summed E-state index contributed by atoms with van der Waals surface area (Å²) in [5, 5.41) is 1.21. The molecule has 5 nitrogen and oxygen atoms in total. The van der Waals surface area contributed by atoms with Gasteiger partial charge in [0.1, 0.15) is 11.3 Å². The Kier molecular flexibility index (Phi) is 6.37. The van der Waals surface area contributed by atoms with Crippen molar-refractivity contribution in [2.75, 3.05) is 6.61 Å². The summed E-state index contributed by atoms with van der Waals surface area (Å²) in [4.78, 5) is 24.8. The molecule has 0 aliphatic carbocycles. The van der Waals surface area contributed by atoms with E-state index in [9.17, 15) is 9.59 Å². The molecule has 0 amide bonds. The molecule has 0 aliphatic rings. The van der Waals surface area contributed by atoms with Crippen LogP contribution in [-0.4, -0.2) is 12.6 Å². The van der Waals surface area contributed by atoms with E-state index >= 15 is 0 Å². The molecule has 3 rings (SSSR count). The molecular formula is C22H21ClO5. The lowest BCUT2D eigenvalue weighted by Crippen LogP contribution is -2.20. The Hall–Kier alpha value is -2.79. The molecule has 0 saturated heterocycles. The number of carbonyl (C=O) groups excluding carboxylic acids is 1. The van der Waals surface area contributed by atoms with Gasteiger partial charge in [0.25, 0.3) is 0 Å². The lowest BCUT2D eigenvalue weighted by Gasteiger charge is -2.12. The van der Waals surface area contributed by atoms with Crippen molar-refractivity contribution >= 4 is 28.5 Å². The molecule has 28 heavy (non-hydrogen) atoms. The van der Waals surface area contributed by atoms with Crippen LogP contribution >= 0.6 is 11.6 Å². The van der Waals surface area contributed by atoms with Crippen LogP contribution in [0.25, 0.3) is 11.0 Å². The highest BCUT2D eigenvalue weighted by Gasteiger charge is 2.19. The molecule has 2 aromatic carbocycles. The Morgan fingerprint density at radius 3 is 2.71 bits per heavy atom. The van der Waals surface area contributed by atoms with E-state index in [4.69, 9.17) is 25.5 Å². The molecule has 0 radical (unpaired) electrons. The normalized spacial score (nSPS) is 10.8. The fraction of sp³-hybridized carbons (Fsp3) is 0.273. The Balaban J connectivity index is 1.84. The first-order valence-electron chi connectivity index (χ1n) is 9.14. The van der Waals surface area contributed by atoms with Gasteiger partial charge < -0.3 is 13.9 Å². The first-order chi connectivity index (χ1) is 13.5. The average Bonchev–Trinajstić information content (AvgIpc) is 2.68. The summed E-state index contributed by atoms with van der Waals surface area (Å²) < 4.78 is 16.4. The zero-order chi connectivity index (χ0) is 20.1. The number of fused-ring (bicyclic) bond motifs is 1. The molecule has 0 saturated carbocycles. The van der Waals surface area contributed by atoms with Gasteiger partial charge in [0.2, 0.25) is 0 Å². The second-order valence-corrected chi connectivity index (χ2v) is 6.88. The number of unbranched alkanes of at least 4 members (excludes halogenated alkanes) is 1. The second kappa shape index (κ2) is 8.93. The molecule has 1 heterocycles. The third-order valence-corrected chi connectivity index (χ3v) is 4.76. The van der Waals surface area contributed by atoms with Gasteiger partial charge in [-0.15, -0.1) is 0 Å². The van der Waals surface area contributed by atoms with Gasteiger partial charge in [-0.2, -0.15) is 0 Å². The van der Waals surface area contributed by atoms with Gasteiger partial charge in [0.15, 0.2) is 12.4 Å². The molecule has 0 unspecified atom stereocenters. The first-order valence-corrected chi connectivity index (χ1v) is 9.51. The van der Waals surface area contributed by atoms with Gasteiger partial charge >= 0.3 is 11.6 Å². The summed E-state index contributed by atoms with van der Waals surface area (Å²) in [7, 11) is 0. The van der Waals surface area contributed by atoms with Gasteiger partial charge in [-0.3, -0.25) is 0 Å². The summed E-state index contributed by atoms with van der Waals surface area (Å²) in [6.07, 6.45) is 2.16. The lowest BCUT2D eigenvalue weighted by molar-refractivity contribution is -0.136. The largest absolute Gasteiger partial charge is 0.482 e.